The highest BCUT2D eigenvalue weighted by Crippen LogP contribution is 2.30. The zero-order valence-corrected chi connectivity index (χ0v) is 13.7. The van der Waals surface area contributed by atoms with Crippen LogP contribution in [0.2, 0.25) is 0 Å². The van der Waals surface area contributed by atoms with Crippen LogP contribution >= 0.6 is 0 Å². The molecule has 0 bridgehead atoms. The van der Waals surface area contributed by atoms with Crippen molar-refractivity contribution >= 4 is 17.5 Å². The van der Waals surface area contributed by atoms with Crippen LogP contribution in [0, 0.1) is 5.92 Å². The molecule has 0 aliphatic heterocycles. The van der Waals surface area contributed by atoms with Gasteiger partial charge in [-0.25, -0.2) is 0 Å². The lowest BCUT2D eigenvalue weighted by atomic mass is 10.1. The Balaban J connectivity index is 1.54. The minimum absolute atomic E-state index is 0.0361. The molecule has 124 valence electrons. The number of hydrogen-bond acceptors (Lipinski definition) is 3. The lowest BCUT2D eigenvalue weighted by Crippen LogP contribution is -2.29. The summed E-state index contributed by atoms with van der Waals surface area (Å²) < 4.78 is 0. The highest BCUT2D eigenvalue weighted by Gasteiger charge is 2.29. The molecule has 1 aromatic carbocycles. The molecule has 1 aliphatic carbocycles. The van der Waals surface area contributed by atoms with Gasteiger partial charge in [-0.1, -0.05) is 6.07 Å². The smallest absolute Gasteiger partial charge is 0.253 e. The zero-order chi connectivity index (χ0) is 16.9. The normalized spacial score (nSPS) is 13.4. The number of carbonyl (C=O) groups excluding carboxylic acids is 2. The summed E-state index contributed by atoms with van der Waals surface area (Å²) in [7, 11) is 1.79. The van der Waals surface area contributed by atoms with E-state index in [4.69, 9.17) is 0 Å². The molecule has 0 radical (unpaired) electrons. The van der Waals surface area contributed by atoms with Gasteiger partial charge in [0.1, 0.15) is 0 Å². The van der Waals surface area contributed by atoms with E-state index in [1.54, 1.807) is 42.4 Å². The number of nitrogens with zero attached hydrogens (tertiary/aromatic N) is 2. The van der Waals surface area contributed by atoms with Crippen LogP contribution in [0.5, 0.6) is 0 Å². The summed E-state index contributed by atoms with van der Waals surface area (Å²) in [5.41, 5.74) is 2.32. The Labute approximate surface area is 141 Å². The van der Waals surface area contributed by atoms with Crippen molar-refractivity contribution in [3.63, 3.8) is 0 Å². The third-order valence-corrected chi connectivity index (χ3v) is 4.12. The van der Waals surface area contributed by atoms with Crippen LogP contribution in [-0.4, -0.2) is 35.3 Å². The number of carbonyl (C=O) groups is 2. The minimum atomic E-state index is -0.0361. The van der Waals surface area contributed by atoms with E-state index in [1.165, 1.54) is 0 Å². The molecule has 1 fully saturated rings. The van der Waals surface area contributed by atoms with Crippen LogP contribution in [0.25, 0.3) is 0 Å². The van der Waals surface area contributed by atoms with Crippen molar-refractivity contribution in [2.24, 2.45) is 5.92 Å². The second-order valence-electron chi connectivity index (χ2n) is 6.14. The number of nitrogens with one attached hydrogen (secondary N) is 1. The van der Waals surface area contributed by atoms with E-state index >= 15 is 0 Å². The molecule has 0 atom stereocenters. The maximum atomic E-state index is 12.4. The summed E-state index contributed by atoms with van der Waals surface area (Å²) in [6.07, 6.45) is 4.43. The molecule has 3 rings (SSSR count). The highest BCUT2D eigenvalue weighted by molar-refractivity contribution is 5.96. The largest absolute Gasteiger partial charge is 0.341 e. The first-order chi connectivity index (χ1) is 11.6. The van der Waals surface area contributed by atoms with Crippen molar-refractivity contribution in [3.8, 4) is 0 Å². The number of rotatable bonds is 6. The van der Waals surface area contributed by atoms with Crippen LogP contribution in [0.15, 0.2) is 48.7 Å². The Morgan fingerprint density at radius 1 is 1.17 bits per heavy atom. The van der Waals surface area contributed by atoms with Gasteiger partial charge in [-0.15, -0.1) is 0 Å². The van der Waals surface area contributed by atoms with Gasteiger partial charge in [-0.2, -0.15) is 0 Å². The number of likely N-dealkylation sites (N-methyl/N-ethyl adjacent to an activating group) is 1. The fourth-order valence-electron chi connectivity index (χ4n) is 2.44. The topological polar surface area (TPSA) is 62.3 Å². The predicted molar refractivity (Wildman–Crippen MR) is 92.7 cm³/mol. The molecule has 2 aromatic rings. The number of benzene rings is 1. The van der Waals surface area contributed by atoms with Crippen molar-refractivity contribution < 1.29 is 9.59 Å². The van der Waals surface area contributed by atoms with Crippen molar-refractivity contribution in [3.05, 3.63) is 59.9 Å². The lowest BCUT2D eigenvalue weighted by Gasteiger charge is -2.17. The third kappa shape index (κ3) is 4.19. The molecule has 1 heterocycles. The molecular formula is C19H21N3O2. The molecule has 24 heavy (non-hydrogen) atoms. The molecule has 0 spiro atoms. The quantitative estimate of drug-likeness (QED) is 0.889. The fraction of sp³-hybridized carbons (Fsp3) is 0.316. The molecular weight excluding hydrogens is 302 g/mol. The summed E-state index contributed by atoms with van der Waals surface area (Å²) in [4.78, 5) is 30.1. The van der Waals surface area contributed by atoms with E-state index in [2.05, 4.69) is 10.3 Å². The van der Waals surface area contributed by atoms with Crippen molar-refractivity contribution in [2.75, 3.05) is 18.9 Å². The van der Waals surface area contributed by atoms with Gasteiger partial charge in [-0.3, -0.25) is 14.6 Å². The van der Waals surface area contributed by atoms with Gasteiger partial charge < -0.3 is 10.2 Å². The summed E-state index contributed by atoms with van der Waals surface area (Å²) in [5, 5.41) is 2.87. The van der Waals surface area contributed by atoms with Gasteiger partial charge in [0.25, 0.3) is 5.91 Å². The van der Waals surface area contributed by atoms with Gasteiger partial charge >= 0.3 is 0 Å². The van der Waals surface area contributed by atoms with Gasteiger partial charge in [0, 0.05) is 49.1 Å². The average Bonchev–Trinajstić information content (AvgIpc) is 3.46. The van der Waals surface area contributed by atoms with E-state index in [0.29, 0.717) is 12.1 Å². The first-order valence-corrected chi connectivity index (χ1v) is 8.20. The number of amides is 2. The molecule has 5 heteroatoms. The average molecular weight is 323 g/mol. The Kier molecular flexibility index (Phi) is 4.89. The van der Waals surface area contributed by atoms with Crippen LogP contribution in [0.3, 0.4) is 0 Å². The van der Waals surface area contributed by atoms with E-state index in [-0.39, 0.29) is 17.7 Å². The Hall–Kier alpha value is -2.69. The second kappa shape index (κ2) is 7.25. The number of anilines is 1. The monoisotopic (exact) mass is 323 g/mol. The first-order valence-electron chi connectivity index (χ1n) is 8.20. The molecule has 0 unspecified atom stereocenters. The molecule has 1 aliphatic rings. The standard InChI is InChI=1S/C19H21N3O2/c1-22(13-11-16-4-2-3-12-20-16)19(24)15-7-9-17(10-8-15)21-18(23)14-5-6-14/h2-4,7-10,12,14H,5-6,11,13H2,1H3,(H,21,23). The van der Waals surface area contributed by atoms with E-state index in [0.717, 1.165) is 30.6 Å². The lowest BCUT2D eigenvalue weighted by molar-refractivity contribution is -0.117. The van der Waals surface area contributed by atoms with E-state index in [9.17, 15) is 9.59 Å². The summed E-state index contributed by atoms with van der Waals surface area (Å²) in [6, 6.07) is 12.8. The van der Waals surface area contributed by atoms with Crippen molar-refractivity contribution in [1.29, 1.82) is 0 Å². The van der Waals surface area contributed by atoms with Crippen LogP contribution in [-0.2, 0) is 11.2 Å². The highest BCUT2D eigenvalue weighted by atomic mass is 16.2. The van der Waals surface area contributed by atoms with Crippen molar-refractivity contribution in [1.82, 2.24) is 9.88 Å². The number of pyridine rings is 1. The molecule has 5 nitrogen and oxygen atoms in total. The molecule has 1 N–H and O–H groups in total. The molecule has 2 amide bonds. The number of aromatic nitrogens is 1. The predicted octanol–water partition coefficient (Wildman–Crippen LogP) is 2.74. The number of hydrogen-bond donors (Lipinski definition) is 1. The Bertz CT molecular complexity index is 709. The molecule has 0 saturated heterocycles. The van der Waals surface area contributed by atoms with E-state index in [1.807, 2.05) is 18.2 Å². The van der Waals surface area contributed by atoms with Gasteiger partial charge in [0.05, 0.1) is 0 Å². The van der Waals surface area contributed by atoms with Crippen molar-refractivity contribution in [2.45, 2.75) is 19.3 Å². The summed E-state index contributed by atoms with van der Waals surface area (Å²) in [5.74, 6) is 0.205. The van der Waals surface area contributed by atoms with E-state index < -0.39 is 0 Å². The van der Waals surface area contributed by atoms with Crippen LogP contribution < -0.4 is 5.32 Å². The maximum Gasteiger partial charge on any atom is 0.253 e. The summed E-state index contributed by atoms with van der Waals surface area (Å²) in [6.45, 7) is 0.607. The van der Waals surface area contributed by atoms with Gasteiger partial charge in [-0.05, 0) is 49.2 Å². The molecule has 1 saturated carbocycles. The zero-order valence-electron chi connectivity index (χ0n) is 13.7. The SMILES string of the molecule is CN(CCc1ccccn1)C(=O)c1ccc(NC(=O)C2CC2)cc1. The van der Waals surface area contributed by atoms with Gasteiger partial charge in [0.2, 0.25) is 5.91 Å². The Morgan fingerprint density at radius 2 is 1.92 bits per heavy atom. The maximum absolute atomic E-state index is 12.4. The molecule has 1 aromatic heterocycles. The second-order valence-corrected chi connectivity index (χ2v) is 6.14. The first kappa shape index (κ1) is 16.2. The summed E-state index contributed by atoms with van der Waals surface area (Å²) >= 11 is 0. The third-order valence-electron chi connectivity index (χ3n) is 4.12. The van der Waals surface area contributed by atoms with Crippen LogP contribution in [0.4, 0.5) is 5.69 Å². The van der Waals surface area contributed by atoms with Gasteiger partial charge in [0.15, 0.2) is 0 Å². The Morgan fingerprint density at radius 3 is 2.54 bits per heavy atom. The fourth-order valence-corrected chi connectivity index (χ4v) is 2.44. The minimum Gasteiger partial charge on any atom is -0.341 e. The van der Waals surface area contributed by atoms with Crippen LogP contribution in [0.1, 0.15) is 28.9 Å².